The lowest BCUT2D eigenvalue weighted by atomic mass is 10.1. The van der Waals surface area contributed by atoms with Gasteiger partial charge in [0.05, 0.1) is 7.11 Å². The van der Waals surface area contributed by atoms with Gasteiger partial charge in [-0.2, -0.15) is 0 Å². The fraction of sp³-hybridized carbons (Fsp3) is 0.500. The molecule has 0 amide bonds. The molecule has 19 heavy (non-hydrogen) atoms. The Labute approximate surface area is 113 Å². The van der Waals surface area contributed by atoms with Crippen molar-refractivity contribution in [3.05, 3.63) is 23.8 Å². The molecule has 1 rings (SSSR count). The molecule has 0 aromatic heterocycles. The summed E-state index contributed by atoms with van der Waals surface area (Å²) in [5, 5.41) is 12.1. The van der Waals surface area contributed by atoms with Gasteiger partial charge >= 0.3 is 5.97 Å². The normalized spacial score (nSPS) is 13.7. The van der Waals surface area contributed by atoms with E-state index < -0.39 is 12.1 Å². The zero-order chi connectivity index (χ0) is 14.4. The molecule has 0 radical (unpaired) electrons. The second-order valence-electron chi connectivity index (χ2n) is 4.27. The number of carbonyl (C=O) groups is 1. The van der Waals surface area contributed by atoms with Crippen LogP contribution in [0.3, 0.4) is 0 Å². The first-order valence-corrected chi connectivity index (χ1v) is 6.28. The van der Waals surface area contributed by atoms with Crippen LogP contribution in [0.15, 0.2) is 18.2 Å². The summed E-state index contributed by atoms with van der Waals surface area (Å²) in [7, 11) is 3.41. The molecule has 5 nitrogen and oxygen atoms in total. The van der Waals surface area contributed by atoms with Crippen LogP contribution in [0.1, 0.15) is 31.9 Å². The molecule has 0 saturated heterocycles. The fourth-order valence-electron chi connectivity index (χ4n) is 1.68. The minimum Gasteiger partial charge on any atom is -0.493 e. The van der Waals surface area contributed by atoms with Gasteiger partial charge in [-0.15, -0.1) is 0 Å². The van der Waals surface area contributed by atoms with E-state index in [4.69, 9.17) is 14.6 Å². The topological polar surface area (TPSA) is 67.8 Å². The molecule has 0 heterocycles. The third-order valence-corrected chi connectivity index (χ3v) is 3.04. The highest BCUT2D eigenvalue weighted by Crippen LogP contribution is 2.31. The van der Waals surface area contributed by atoms with Crippen LogP contribution in [0.25, 0.3) is 0 Å². The van der Waals surface area contributed by atoms with E-state index in [1.807, 2.05) is 26.1 Å². The third kappa shape index (κ3) is 3.86. The molecule has 0 saturated carbocycles. The van der Waals surface area contributed by atoms with Crippen LogP contribution in [0, 0.1) is 0 Å². The van der Waals surface area contributed by atoms with Crippen LogP contribution in [0.4, 0.5) is 0 Å². The Kier molecular flexibility index (Phi) is 5.63. The summed E-state index contributed by atoms with van der Waals surface area (Å²) in [4.78, 5) is 11.0. The van der Waals surface area contributed by atoms with E-state index in [1.165, 1.54) is 7.11 Å². The molecule has 106 valence electrons. The molecule has 0 aliphatic rings. The molecule has 0 aliphatic carbocycles. The zero-order valence-corrected chi connectivity index (χ0v) is 11.8. The van der Waals surface area contributed by atoms with Crippen LogP contribution in [-0.2, 0) is 4.79 Å². The maximum Gasteiger partial charge on any atom is 0.344 e. The van der Waals surface area contributed by atoms with Gasteiger partial charge in [-0.25, -0.2) is 4.79 Å². The monoisotopic (exact) mass is 267 g/mol. The Morgan fingerprint density at radius 2 is 2.11 bits per heavy atom. The molecule has 0 aliphatic heterocycles. The van der Waals surface area contributed by atoms with Gasteiger partial charge in [0.25, 0.3) is 0 Å². The second kappa shape index (κ2) is 6.99. The van der Waals surface area contributed by atoms with E-state index in [1.54, 1.807) is 13.0 Å². The summed E-state index contributed by atoms with van der Waals surface area (Å²) in [5.74, 6) is 0.0142. The van der Waals surface area contributed by atoms with Crippen LogP contribution in [0.2, 0.25) is 0 Å². The smallest absolute Gasteiger partial charge is 0.344 e. The minimum atomic E-state index is -0.975. The number of benzene rings is 1. The van der Waals surface area contributed by atoms with E-state index in [2.05, 4.69) is 5.32 Å². The Hall–Kier alpha value is -1.75. The Balaban J connectivity index is 2.98. The van der Waals surface area contributed by atoms with Gasteiger partial charge in [0.1, 0.15) is 0 Å². The Morgan fingerprint density at radius 3 is 2.58 bits per heavy atom. The first kappa shape index (κ1) is 15.3. The largest absolute Gasteiger partial charge is 0.493 e. The average molecular weight is 267 g/mol. The molecule has 0 fully saturated rings. The standard InChI is InChI=1S/C14H21NO4/c1-5-11(14(16)17)19-12-7-6-10(9(2)15-3)8-13(12)18-4/h6-9,11,15H,5H2,1-4H3,(H,16,17). The van der Waals surface area contributed by atoms with Crippen molar-refractivity contribution in [3.63, 3.8) is 0 Å². The molecule has 2 N–H and O–H groups in total. The van der Waals surface area contributed by atoms with Crippen molar-refractivity contribution >= 4 is 5.97 Å². The summed E-state index contributed by atoms with van der Waals surface area (Å²) in [6, 6.07) is 5.68. The maximum atomic E-state index is 11.0. The zero-order valence-electron chi connectivity index (χ0n) is 11.8. The van der Waals surface area contributed by atoms with Crippen LogP contribution in [-0.4, -0.2) is 31.3 Å². The first-order chi connectivity index (χ1) is 9.03. The van der Waals surface area contributed by atoms with E-state index in [9.17, 15) is 4.79 Å². The number of aliphatic carboxylic acids is 1. The van der Waals surface area contributed by atoms with Crippen molar-refractivity contribution in [2.24, 2.45) is 0 Å². The van der Waals surface area contributed by atoms with Crippen molar-refractivity contribution in [1.82, 2.24) is 5.32 Å². The van der Waals surface area contributed by atoms with E-state index in [-0.39, 0.29) is 6.04 Å². The molecular formula is C14H21NO4. The van der Waals surface area contributed by atoms with Gasteiger partial charge in [-0.05, 0) is 38.1 Å². The summed E-state index contributed by atoms with van der Waals surface area (Å²) in [5.41, 5.74) is 1.05. The molecule has 2 atom stereocenters. The summed E-state index contributed by atoms with van der Waals surface area (Å²) in [6.45, 7) is 3.80. The van der Waals surface area contributed by atoms with Gasteiger partial charge in [0, 0.05) is 6.04 Å². The predicted molar refractivity (Wildman–Crippen MR) is 72.8 cm³/mol. The lowest BCUT2D eigenvalue weighted by Crippen LogP contribution is -2.26. The third-order valence-electron chi connectivity index (χ3n) is 3.04. The van der Waals surface area contributed by atoms with Crippen molar-refractivity contribution in [3.8, 4) is 11.5 Å². The van der Waals surface area contributed by atoms with Gasteiger partial charge in [-0.1, -0.05) is 13.0 Å². The van der Waals surface area contributed by atoms with Gasteiger partial charge in [0.15, 0.2) is 17.6 Å². The van der Waals surface area contributed by atoms with Crippen molar-refractivity contribution in [2.45, 2.75) is 32.4 Å². The lowest BCUT2D eigenvalue weighted by Gasteiger charge is -2.18. The highest BCUT2D eigenvalue weighted by molar-refractivity contribution is 5.72. The van der Waals surface area contributed by atoms with E-state index >= 15 is 0 Å². The minimum absolute atomic E-state index is 0.185. The molecule has 2 unspecified atom stereocenters. The Bertz CT molecular complexity index is 433. The van der Waals surface area contributed by atoms with Gasteiger partial charge in [0.2, 0.25) is 0 Å². The summed E-state index contributed by atoms with van der Waals surface area (Å²) in [6.07, 6.45) is -0.464. The highest BCUT2D eigenvalue weighted by atomic mass is 16.5. The van der Waals surface area contributed by atoms with Crippen molar-refractivity contribution in [1.29, 1.82) is 0 Å². The number of ether oxygens (including phenoxy) is 2. The Morgan fingerprint density at radius 1 is 1.42 bits per heavy atom. The number of hydrogen-bond acceptors (Lipinski definition) is 4. The van der Waals surface area contributed by atoms with E-state index in [0.29, 0.717) is 17.9 Å². The molecule has 1 aromatic rings. The SMILES string of the molecule is CCC(Oc1ccc(C(C)NC)cc1OC)C(=O)O. The molecule has 0 bridgehead atoms. The van der Waals surface area contributed by atoms with Crippen molar-refractivity contribution in [2.75, 3.05) is 14.2 Å². The molecule has 1 aromatic carbocycles. The van der Waals surface area contributed by atoms with Gasteiger partial charge < -0.3 is 19.9 Å². The molecular weight excluding hydrogens is 246 g/mol. The second-order valence-corrected chi connectivity index (χ2v) is 4.27. The summed E-state index contributed by atoms with van der Waals surface area (Å²) >= 11 is 0. The van der Waals surface area contributed by atoms with Crippen LogP contribution < -0.4 is 14.8 Å². The number of nitrogens with one attached hydrogen (secondary N) is 1. The molecule has 5 heteroatoms. The maximum absolute atomic E-state index is 11.0. The van der Waals surface area contributed by atoms with Crippen LogP contribution in [0.5, 0.6) is 11.5 Å². The van der Waals surface area contributed by atoms with E-state index in [0.717, 1.165) is 5.56 Å². The predicted octanol–water partition coefficient (Wildman–Crippen LogP) is 2.22. The van der Waals surface area contributed by atoms with Gasteiger partial charge in [-0.3, -0.25) is 0 Å². The first-order valence-electron chi connectivity index (χ1n) is 6.28. The number of hydrogen-bond donors (Lipinski definition) is 2. The van der Waals surface area contributed by atoms with Crippen molar-refractivity contribution < 1.29 is 19.4 Å². The summed E-state index contributed by atoms with van der Waals surface area (Å²) < 4.78 is 10.7. The number of rotatable bonds is 7. The van der Waals surface area contributed by atoms with Crippen LogP contribution >= 0.6 is 0 Å². The number of methoxy groups -OCH3 is 1. The highest BCUT2D eigenvalue weighted by Gasteiger charge is 2.19. The molecule has 0 spiro atoms. The average Bonchev–Trinajstić information content (AvgIpc) is 2.43. The fourth-order valence-corrected chi connectivity index (χ4v) is 1.68. The number of carboxylic acid groups (broad SMARTS) is 1. The number of carboxylic acids is 1. The quantitative estimate of drug-likeness (QED) is 0.793. The lowest BCUT2D eigenvalue weighted by molar-refractivity contribution is -0.145.